The molecule has 1 aliphatic heterocycles. The lowest BCUT2D eigenvalue weighted by Crippen LogP contribution is -3.27. The minimum Gasteiger partial charge on any atom is -0.507 e. The number of fused-ring (bicyclic) bond motifs is 1. The number of hydrogen-bond acceptors (Lipinski definition) is 3. The number of phenols is 1. The first-order valence-corrected chi connectivity index (χ1v) is 10.7. The lowest BCUT2D eigenvalue weighted by atomic mass is 10.0. The number of phenolic OH excluding ortho intramolecular Hbond substituents is 1. The lowest BCUT2D eigenvalue weighted by Gasteiger charge is -2.30. The van der Waals surface area contributed by atoms with E-state index in [0.717, 1.165) is 56.3 Å². The summed E-state index contributed by atoms with van der Waals surface area (Å²) in [4.78, 5) is 3.13. The highest BCUT2D eigenvalue weighted by Crippen LogP contribution is 2.30. The Morgan fingerprint density at radius 3 is 2.17 bits per heavy atom. The van der Waals surface area contributed by atoms with Crippen LogP contribution in [0, 0.1) is 6.92 Å². The molecule has 1 fully saturated rings. The van der Waals surface area contributed by atoms with E-state index >= 15 is 0 Å². The third-order valence-corrected chi connectivity index (χ3v) is 6.39. The van der Waals surface area contributed by atoms with Gasteiger partial charge in [-0.05, 0) is 41.5 Å². The summed E-state index contributed by atoms with van der Waals surface area (Å²) >= 11 is 0. The van der Waals surface area contributed by atoms with Crippen LogP contribution in [0.15, 0.2) is 48.5 Å². The second kappa shape index (κ2) is 8.94. The number of hydrogen-bond donors (Lipinski definition) is 3. The van der Waals surface area contributed by atoms with Crippen molar-refractivity contribution in [2.24, 2.45) is 0 Å². The minimum absolute atomic E-state index is 0.414. The number of benzene rings is 3. The van der Waals surface area contributed by atoms with E-state index in [1.54, 1.807) is 19.1 Å². The molecule has 0 atom stereocenters. The van der Waals surface area contributed by atoms with Gasteiger partial charge in [0.2, 0.25) is 0 Å². The van der Waals surface area contributed by atoms with E-state index in [-0.39, 0.29) is 0 Å². The van der Waals surface area contributed by atoms with Crippen LogP contribution in [0.25, 0.3) is 10.8 Å². The highest BCUT2D eigenvalue weighted by molar-refractivity contribution is 5.87. The fourth-order valence-electron chi connectivity index (χ4n) is 4.55. The van der Waals surface area contributed by atoms with Gasteiger partial charge >= 0.3 is 0 Å². The van der Waals surface area contributed by atoms with Gasteiger partial charge in [0.05, 0.1) is 19.8 Å². The van der Waals surface area contributed by atoms with Gasteiger partial charge in [0, 0.05) is 5.56 Å². The number of rotatable bonds is 6. The number of methoxy groups -OCH3 is 2. The molecule has 30 heavy (non-hydrogen) atoms. The Bertz CT molecular complexity index is 1030. The van der Waals surface area contributed by atoms with Crippen molar-refractivity contribution in [2.45, 2.75) is 20.0 Å². The topological polar surface area (TPSA) is 47.6 Å². The molecule has 5 heteroatoms. The molecular weight excluding hydrogens is 376 g/mol. The van der Waals surface area contributed by atoms with Gasteiger partial charge in [0.1, 0.15) is 45.0 Å². The molecule has 0 unspecified atom stereocenters. The Hall–Kier alpha value is -2.76. The molecule has 3 N–H and O–H groups in total. The van der Waals surface area contributed by atoms with Crippen molar-refractivity contribution in [3.8, 4) is 17.2 Å². The van der Waals surface area contributed by atoms with E-state index in [1.807, 2.05) is 24.3 Å². The molecule has 0 radical (unpaired) electrons. The number of nitrogens with one attached hydrogen (secondary N) is 2. The molecule has 158 valence electrons. The van der Waals surface area contributed by atoms with E-state index in [1.165, 1.54) is 26.8 Å². The van der Waals surface area contributed by atoms with E-state index in [0.29, 0.717) is 5.75 Å². The molecule has 0 spiro atoms. The Morgan fingerprint density at radius 1 is 0.833 bits per heavy atom. The molecule has 3 aromatic carbocycles. The van der Waals surface area contributed by atoms with Gasteiger partial charge in [-0.1, -0.05) is 30.3 Å². The van der Waals surface area contributed by atoms with Gasteiger partial charge in [-0.25, -0.2) is 0 Å². The highest BCUT2D eigenvalue weighted by Gasteiger charge is 2.25. The third kappa shape index (κ3) is 4.23. The average molecular weight is 409 g/mol. The number of quaternary nitrogens is 2. The van der Waals surface area contributed by atoms with Crippen LogP contribution in [0.5, 0.6) is 17.2 Å². The SMILES string of the molecule is COc1cc(C)c(C[NH+]2CC[NH+](Cc3c(O)ccc4ccccc34)CC2)cc1OC. The smallest absolute Gasteiger partial charge is 0.161 e. The molecule has 1 heterocycles. The van der Waals surface area contributed by atoms with Crippen molar-refractivity contribution < 1.29 is 24.4 Å². The Morgan fingerprint density at radius 2 is 1.47 bits per heavy atom. The van der Waals surface area contributed by atoms with E-state index < -0.39 is 0 Å². The molecule has 5 nitrogen and oxygen atoms in total. The number of piperazine rings is 1. The zero-order chi connectivity index (χ0) is 21.1. The third-order valence-electron chi connectivity index (χ3n) is 6.39. The van der Waals surface area contributed by atoms with Gasteiger partial charge in [0.15, 0.2) is 11.5 Å². The van der Waals surface area contributed by atoms with Gasteiger partial charge in [-0.15, -0.1) is 0 Å². The van der Waals surface area contributed by atoms with Gasteiger partial charge in [-0.3, -0.25) is 0 Å². The minimum atomic E-state index is 0.414. The normalized spacial score (nSPS) is 19.0. The van der Waals surface area contributed by atoms with Gasteiger partial charge in [-0.2, -0.15) is 0 Å². The number of aromatic hydroxyl groups is 1. The summed E-state index contributed by atoms with van der Waals surface area (Å²) in [7, 11) is 3.37. The zero-order valence-electron chi connectivity index (χ0n) is 18.1. The van der Waals surface area contributed by atoms with Crippen molar-refractivity contribution in [3.05, 3.63) is 65.2 Å². The Labute approximate surface area is 178 Å². The summed E-state index contributed by atoms with van der Waals surface area (Å²) in [6, 6.07) is 16.3. The molecule has 0 amide bonds. The molecular formula is C25H32N2O3+2. The van der Waals surface area contributed by atoms with E-state index in [9.17, 15) is 5.11 Å². The van der Waals surface area contributed by atoms with Crippen LogP contribution < -0.4 is 19.3 Å². The first-order valence-electron chi connectivity index (χ1n) is 10.7. The van der Waals surface area contributed by atoms with Crippen LogP contribution in [0.1, 0.15) is 16.7 Å². The lowest BCUT2D eigenvalue weighted by molar-refractivity contribution is -1.02. The molecule has 4 rings (SSSR count). The first kappa shape index (κ1) is 20.5. The number of aryl methyl sites for hydroxylation is 1. The standard InChI is InChI=1S/C25H30N2O3/c1-18-14-24(29-2)25(30-3)15-20(18)16-26-10-12-27(13-11-26)17-22-21-7-5-4-6-19(21)8-9-23(22)28/h4-9,14-15,28H,10-13,16-17H2,1-3H3/p+2. The van der Waals surface area contributed by atoms with Crippen molar-refractivity contribution in [3.63, 3.8) is 0 Å². The fraction of sp³-hybridized carbons (Fsp3) is 0.360. The summed E-state index contributed by atoms with van der Waals surface area (Å²) in [5.41, 5.74) is 3.63. The fourth-order valence-corrected chi connectivity index (χ4v) is 4.55. The van der Waals surface area contributed by atoms with Crippen molar-refractivity contribution >= 4 is 10.8 Å². The summed E-state index contributed by atoms with van der Waals surface area (Å²) in [5, 5.41) is 12.8. The summed E-state index contributed by atoms with van der Waals surface area (Å²) in [6.07, 6.45) is 0. The average Bonchev–Trinajstić information content (AvgIpc) is 2.78. The second-order valence-corrected chi connectivity index (χ2v) is 8.27. The van der Waals surface area contributed by atoms with E-state index in [4.69, 9.17) is 9.47 Å². The molecule has 0 bridgehead atoms. The molecule has 0 aliphatic carbocycles. The molecule has 3 aromatic rings. The second-order valence-electron chi connectivity index (χ2n) is 8.27. The zero-order valence-corrected chi connectivity index (χ0v) is 18.1. The highest BCUT2D eigenvalue weighted by atomic mass is 16.5. The van der Waals surface area contributed by atoms with Gasteiger partial charge in [0.25, 0.3) is 0 Å². The van der Waals surface area contributed by atoms with E-state index in [2.05, 4.69) is 31.2 Å². The largest absolute Gasteiger partial charge is 0.507 e. The van der Waals surface area contributed by atoms with Crippen molar-refractivity contribution in [1.82, 2.24) is 0 Å². The Kier molecular flexibility index (Phi) is 6.11. The Balaban J connectivity index is 1.41. The summed E-state index contributed by atoms with van der Waals surface area (Å²) < 4.78 is 10.9. The van der Waals surface area contributed by atoms with Crippen LogP contribution in [0.4, 0.5) is 0 Å². The molecule has 1 saturated heterocycles. The first-order chi connectivity index (χ1) is 14.6. The summed E-state index contributed by atoms with van der Waals surface area (Å²) in [5.74, 6) is 2.00. The monoisotopic (exact) mass is 408 g/mol. The maximum Gasteiger partial charge on any atom is 0.161 e. The molecule has 1 aliphatic rings. The predicted octanol–water partition coefficient (Wildman–Crippen LogP) is 1.35. The van der Waals surface area contributed by atoms with Crippen molar-refractivity contribution in [1.29, 1.82) is 0 Å². The van der Waals surface area contributed by atoms with Crippen LogP contribution >= 0.6 is 0 Å². The summed E-state index contributed by atoms with van der Waals surface area (Å²) in [6.45, 7) is 8.45. The molecule has 0 aromatic heterocycles. The van der Waals surface area contributed by atoms with Crippen LogP contribution in [0.3, 0.4) is 0 Å². The van der Waals surface area contributed by atoms with Crippen LogP contribution in [-0.2, 0) is 13.1 Å². The molecule has 0 saturated carbocycles. The van der Waals surface area contributed by atoms with Gasteiger partial charge < -0.3 is 24.4 Å². The maximum atomic E-state index is 10.5. The van der Waals surface area contributed by atoms with Crippen molar-refractivity contribution in [2.75, 3.05) is 40.4 Å². The maximum absolute atomic E-state index is 10.5. The predicted molar refractivity (Wildman–Crippen MR) is 119 cm³/mol. The van der Waals surface area contributed by atoms with Crippen LogP contribution in [0.2, 0.25) is 0 Å². The quantitative estimate of drug-likeness (QED) is 0.577. The number of ether oxygens (including phenoxy) is 2. The van der Waals surface area contributed by atoms with Crippen LogP contribution in [-0.4, -0.2) is 45.5 Å².